The first kappa shape index (κ1) is 32.2. The molecular weight excluding hydrogens is 561 g/mol. The molecule has 2 N–H and O–H groups in total. The Hall–Kier alpha value is -4.27. The Morgan fingerprint density at radius 2 is 1.71 bits per heavy atom. The van der Waals surface area contributed by atoms with Gasteiger partial charge in [0.15, 0.2) is 6.29 Å². The molecule has 2 heterocycles. The summed E-state index contributed by atoms with van der Waals surface area (Å²) in [5.41, 5.74) is -4.66. The normalized spacial score (nSPS) is 15.8. The van der Waals surface area contributed by atoms with Crippen LogP contribution < -0.4 is 16.3 Å². The van der Waals surface area contributed by atoms with Gasteiger partial charge in [-0.05, 0) is 58.4 Å². The van der Waals surface area contributed by atoms with E-state index in [0.717, 1.165) is 10.6 Å². The van der Waals surface area contributed by atoms with E-state index in [-0.39, 0.29) is 17.8 Å². The number of carbonyl (C=O) groups excluding carboxylic acids is 4. The van der Waals surface area contributed by atoms with Crippen molar-refractivity contribution in [1.82, 2.24) is 24.7 Å². The average Bonchev–Trinajstić information content (AvgIpc) is 2.90. The Labute approximate surface area is 239 Å². The lowest BCUT2D eigenvalue weighted by atomic mass is 9.99. The summed E-state index contributed by atoms with van der Waals surface area (Å²) in [4.78, 5) is 67.4. The third kappa shape index (κ3) is 8.61. The van der Waals surface area contributed by atoms with Crippen molar-refractivity contribution in [3.05, 3.63) is 52.1 Å². The SMILES string of the molecule is CC(C=O)(CCN1CCN(C(=O)Nc2ccn(-c3ccc(C=O)c(C(F)(F)F)c3)c(=O)n2)CC1)NC(=O)OC(C)(C)C. The molecule has 1 aromatic carbocycles. The number of aldehydes is 2. The number of hydrogen-bond donors (Lipinski definition) is 2. The van der Waals surface area contributed by atoms with Gasteiger partial charge >= 0.3 is 24.0 Å². The highest BCUT2D eigenvalue weighted by Crippen LogP contribution is 2.32. The summed E-state index contributed by atoms with van der Waals surface area (Å²) >= 11 is 0. The van der Waals surface area contributed by atoms with Crippen molar-refractivity contribution in [1.29, 1.82) is 0 Å². The Kier molecular flexibility index (Phi) is 9.76. The van der Waals surface area contributed by atoms with Crippen LogP contribution in [0.2, 0.25) is 0 Å². The lowest BCUT2D eigenvalue weighted by Crippen LogP contribution is -2.53. The van der Waals surface area contributed by atoms with E-state index in [0.29, 0.717) is 51.5 Å². The van der Waals surface area contributed by atoms with Gasteiger partial charge in [0.2, 0.25) is 0 Å². The van der Waals surface area contributed by atoms with Gasteiger partial charge < -0.3 is 19.7 Å². The first-order valence-electron chi connectivity index (χ1n) is 13.1. The molecule has 3 rings (SSSR count). The maximum atomic E-state index is 13.3. The van der Waals surface area contributed by atoms with Crippen LogP contribution in [0.3, 0.4) is 0 Å². The minimum absolute atomic E-state index is 0.0816. The monoisotopic (exact) mass is 594 g/mol. The molecule has 42 heavy (non-hydrogen) atoms. The lowest BCUT2D eigenvalue weighted by molar-refractivity contribution is -0.137. The zero-order valence-electron chi connectivity index (χ0n) is 23.7. The van der Waals surface area contributed by atoms with Crippen LogP contribution in [0.1, 0.15) is 50.0 Å². The average molecular weight is 595 g/mol. The number of hydrogen-bond acceptors (Lipinski definition) is 8. The quantitative estimate of drug-likeness (QED) is 0.444. The summed E-state index contributed by atoms with van der Waals surface area (Å²) < 4.78 is 46.0. The molecular formula is C27H33F3N6O6. The zero-order valence-corrected chi connectivity index (χ0v) is 23.7. The number of piperazine rings is 1. The molecule has 15 heteroatoms. The molecule has 228 valence electrons. The minimum Gasteiger partial charge on any atom is -0.444 e. The predicted molar refractivity (Wildman–Crippen MR) is 146 cm³/mol. The van der Waals surface area contributed by atoms with Crippen LogP contribution in [0.5, 0.6) is 0 Å². The standard InChI is InChI=1S/C27H33F3N6O6/c1-25(2,3)42-24(41)33-26(4,17-38)8-10-34-11-13-35(14-12-34)22(39)31-21-7-9-36(23(40)32-21)19-6-5-18(16-37)20(15-19)27(28,29)30/h5-7,9,15-17H,8,10-14H2,1-4H3,(H,33,41)(H,31,32,39,40). The molecule has 0 radical (unpaired) electrons. The van der Waals surface area contributed by atoms with Gasteiger partial charge in [-0.25, -0.2) is 14.4 Å². The first-order valence-corrected chi connectivity index (χ1v) is 13.1. The van der Waals surface area contributed by atoms with Crippen molar-refractivity contribution in [2.75, 3.05) is 38.0 Å². The molecule has 1 saturated heterocycles. The van der Waals surface area contributed by atoms with E-state index in [1.54, 1.807) is 27.7 Å². The number of rotatable bonds is 8. The number of anilines is 1. The van der Waals surface area contributed by atoms with Gasteiger partial charge in [0, 0.05) is 44.5 Å². The molecule has 3 amide bonds. The molecule has 1 atom stereocenters. The number of urea groups is 1. The van der Waals surface area contributed by atoms with Crippen molar-refractivity contribution in [2.45, 2.75) is 51.4 Å². The number of carbonyl (C=O) groups is 4. The van der Waals surface area contributed by atoms with Crippen LogP contribution in [-0.2, 0) is 15.7 Å². The molecule has 0 saturated carbocycles. The van der Waals surface area contributed by atoms with Crippen LogP contribution in [0.25, 0.3) is 5.69 Å². The smallest absolute Gasteiger partial charge is 0.417 e. The Balaban J connectivity index is 1.56. The summed E-state index contributed by atoms with van der Waals surface area (Å²) in [6.45, 7) is 8.88. The Morgan fingerprint density at radius 3 is 2.26 bits per heavy atom. The predicted octanol–water partition coefficient (Wildman–Crippen LogP) is 3.09. The van der Waals surface area contributed by atoms with Crippen LogP contribution in [0.4, 0.5) is 28.6 Å². The van der Waals surface area contributed by atoms with Crippen LogP contribution in [0.15, 0.2) is 35.3 Å². The fourth-order valence-corrected chi connectivity index (χ4v) is 4.15. The number of nitrogens with one attached hydrogen (secondary N) is 2. The summed E-state index contributed by atoms with van der Waals surface area (Å²) in [5.74, 6) is -0.0841. The number of alkyl halides is 3. The third-order valence-corrected chi connectivity index (χ3v) is 6.44. The second kappa shape index (κ2) is 12.7. The van der Waals surface area contributed by atoms with E-state index in [1.165, 1.54) is 23.2 Å². The zero-order chi connectivity index (χ0) is 31.3. The number of aromatic nitrogens is 2. The van der Waals surface area contributed by atoms with Crippen LogP contribution in [-0.4, -0.2) is 87.9 Å². The maximum Gasteiger partial charge on any atom is 0.417 e. The Bertz CT molecular complexity index is 1380. The summed E-state index contributed by atoms with van der Waals surface area (Å²) in [7, 11) is 0. The molecule has 0 aliphatic carbocycles. The molecule has 1 aliphatic rings. The maximum absolute atomic E-state index is 13.3. The fraction of sp³-hybridized carbons (Fsp3) is 0.481. The third-order valence-electron chi connectivity index (χ3n) is 6.44. The number of nitrogens with zero attached hydrogens (tertiary/aromatic N) is 4. The minimum atomic E-state index is -4.80. The molecule has 1 aromatic heterocycles. The number of ether oxygens (including phenoxy) is 1. The van der Waals surface area contributed by atoms with Gasteiger partial charge in [0.05, 0.1) is 16.8 Å². The van der Waals surface area contributed by atoms with Gasteiger partial charge in [-0.15, -0.1) is 0 Å². The topological polar surface area (TPSA) is 143 Å². The molecule has 1 unspecified atom stereocenters. The van der Waals surface area contributed by atoms with Crippen molar-refractivity contribution in [2.24, 2.45) is 0 Å². The van der Waals surface area contributed by atoms with Gasteiger partial charge in [0.25, 0.3) is 0 Å². The van der Waals surface area contributed by atoms with E-state index in [4.69, 9.17) is 4.74 Å². The van der Waals surface area contributed by atoms with E-state index >= 15 is 0 Å². The van der Waals surface area contributed by atoms with E-state index in [1.807, 2.05) is 4.90 Å². The van der Waals surface area contributed by atoms with E-state index in [2.05, 4.69) is 15.6 Å². The highest BCUT2D eigenvalue weighted by atomic mass is 19.4. The molecule has 0 spiro atoms. The summed E-state index contributed by atoms with van der Waals surface area (Å²) in [6.07, 6.45) is -3.25. The Morgan fingerprint density at radius 1 is 1.05 bits per heavy atom. The summed E-state index contributed by atoms with van der Waals surface area (Å²) in [5, 5.41) is 5.11. The number of benzene rings is 1. The molecule has 0 bridgehead atoms. The highest BCUT2D eigenvalue weighted by molar-refractivity contribution is 5.88. The molecule has 1 fully saturated rings. The number of halogens is 3. The van der Waals surface area contributed by atoms with Gasteiger partial charge in [-0.1, -0.05) is 0 Å². The van der Waals surface area contributed by atoms with Crippen molar-refractivity contribution >= 4 is 30.5 Å². The van der Waals surface area contributed by atoms with Crippen LogP contribution in [0, 0.1) is 0 Å². The van der Waals surface area contributed by atoms with Gasteiger partial charge in [0.1, 0.15) is 17.7 Å². The number of amides is 3. The summed E-state index contributed by atoms with van der Waals surface area (Å²) in [6, 6.07) is 3.58. The van der Waals surface area contributed by atoms with Crippen molar-refractivity contribution in [3.8, 4) is 5.69 Å². The van der Waals surface area contributed by atoms with Gasteiger partial charge in [-0.3, -0.25) is 19.6 Å². The lowest BCUT2D eigenvalue weighted by Gasteiger charge is -2.36. The first-order chi connectivity index (χ1) is 19.5. The molecule has 12 nitrogen and oxygen atoms in total. The van der Waals surface area contributed by atoms with Crippen molar-refractivity contribution < 1.29 is 37.1 Å². The number of alkyl carbamates (subject to hydrolysis) is 1. The molecule has 2 aromatic rings. The van der Waals surface area contributed by atoms with E-state index < -0.39 is 46.3 Å². The second-order valence-electron chi connectivity index (χ2n) is 11.0. The van der Waals surface area contributed by atoms with Crippen molar-refractivity contribution in [3.63, 3.8) is 0 Å². The fourth-order valence-electron chi connectivity index (χ4n) is 4.15. The highest BCUT2D eigenvalue weighted by Gasteiger charge is 2.34. The van der Waals surface area contributed by atoms with Gasteiger partial charge in [-0.2, -0.15) is 18.2 Å². The van der Waals surface area contributed by atoms with Crippen LogP contribution >= 0.6 is 0 Å². The molecule has 1 aliphatic heterocycles. The second-order valence-corrected chi connectivity index (χ2v) is 11.0. The van der Waals surface area contributed by atoms with E-state index in [9.17, 15) is 37.1 Å². The largest absolute Gasteiger partial charge is 0.444 e.